The summed E-state index contributed by atoms with van der Waals surface area (Å²) in [5, 5.41) is 40.0. The Balaban J connectivity index is 1.97. The van der Waals surface area contributed by atoms with E-state index in [-0.39, 0.29) is 32.1 Å². The van der Waals surface area contributed by atoms with Gasteiger partial charge in [-0.2, -0.15) is 0 Å². The molecule has 0 amide bonds. The number of anilines is 1. The van der Waals surface area contributed by atoms with Crippen molar-refractivity contribution in [3.05, 3.63) is 70.8 Å². The van der Waals surface area contributed by atoms with E-state index in [1.807, 2.05) is 0 Å². The van der Waals surface area contributed by atoms with Crippen molar-refractivity contribution >= 4 is 33.5 Å². The summed E-state index contributed by atoms with van der Waals surface area (Å²) < 4.78 is 0. The second kappa shape index (κ2) is 10.4. The summed E-state index contributed by atoms with van der Waals surface area (Å²) in [6.07, 6.45) is 0. The van der Waals surface area contributed by atoms with Crippen LogP contribution in [0.25, 0.3) is 10.8 Å². The number of aliphatic hydroxyl groups excluding tert-OH is 2. The van der Waals surface area contributed by atoms with Crippen LogP contribution >= 0.6 is 0 Å². The molecule has 10 nitrogen and oxygen atoms in total. The average Bonchev–Trinajstić information content (AvgIpc) is 2.77. The third kappa shape index (κ3) is 4.93. The van der Waals surface area contributed by atoms with Gasteiger partial charge in [0.2, 0.25) is 0 Å². The van der Waals surface area contributed by atoms with Gasteiger partial charge in [-0.1, -0.05) is 30.3 Å². The minimum Gasteiger partial charge on any atom is -0.394 e. The lowest BCUT2D eigenvalue weighted by Crippen LogP contribution is -2.27. The topological polar surface area (TPSA) is 130 Å². The summed E-state index contributed by atoms with van der Waals surface area (Å²) >= 11 is 0. The maximum absolute atomic E-state index is 11.3. The largest absolute Gasteiger partial charge is 0.394 e. The highest BCUT2D eigenvalue weighted by molar-refractivity contribution is 5.98. The highest BCUT2D eigenvalue weighted by atomic mass is 16.9. The summed E-state index contributed by atoms with van der Waals surface area (Å²) in [6, 6.07) is 16.7. The van der Waals surface area contributed by atoms with E-state index in [0.717, 1.165) is 5.23 Å². The molecule has 0 aliphatic rings. The van der Waals surface area contributed by atoms with Gasteiger partial charge >= 0.3 is 0 Å². The van der Waals surface area contributed by atoms with Gasteiger partial charge in [-0.15, -0.1) is 15.5 Å². The monoisotopic (exact) mass is 412 g/mol. The van der Waals surface area contributed by atoms with Crippen LogP contribution in [0.2, 0.25) is 0 Å². The Morgan fingerprint density at radius 2 is 1.43 bits per heavy atom. The number of hydrogen-bond acceptors (Lipinski definition) is 9. The molecule has 0 unspecified atom stereocenters. The Bertz CT molecular complexity index is 1030. The van der Waals surface area contributed by atoms with E-state index >= 15 is 0 Å². The number of benzene rings is 3. The van der Waals surface area contributed by atoms with Crippen LogP contribution in [0.5, 0.6) is 0 Å². The summed E-state index contributed by atoms with van der Waals surface area (Å²) in [5.74, 6) is 0. The number of nitrogens with zero attached hydrogens (tertiary/aromatic N) is 4. The zero-order valence-corrected chi connectivity index (χ0v) is 15.9. The molecule has 0 aromatic heterocycles. The van der Waals surface area contributed by atoms with Gasteiger partial charge in [0.05, 0.1) is 29.2 Å². The molecule has 2 N–H and O–H groups in total. The molecule has 0 fully saturated rings. The standard InChI is InChI=1S/C20H20N4O6/c25-11-13-29-24(30-14-12-26)20-8-4-3-7-18(20)22-21-17-9-10-19(23(27)28)16-6-2-1-5-15(16)17/h1-10,25-26H,11-14H2. The Labute approximate surface area is 171 Å². The fourth-order valence-electron chi connectivity index (χ4n) is 2.75. The number of rotatable bonds is 10. The molecule has 10 heteroatoms. The highest BCUT2D eigenvalue weighted by Crippen LogP contribution is 2.35. The van der Waals surface area contributed by atoms with Gasteiger partial charge in [0, 0.05) is 11.5 Å². The van der Waals surface area contributed by atoms with E-state index in [1.165, 1.54) is 12.1 Å². The number of fused-ring (bicyclic) bond motifs is 1. The second-order valence-electron chi connectivity index (χ2n) is 5.97. The molecule has 0 spiro atoms. The molecule has 3 aromatic rings. The molecule has 0 bridgehead atoms. The van der Waals surface area contributed by atoms with Crippen LogP contribution in [-0.2, 0) is 9.68 Å². The fraction of sp³-hybridized carbons (Fsp3) is 0.200. The summed E-state index contributed by atoms with van der Waals surface area (Å²) in [4.78, 5) is 21.6. The number of para-hydroxylation sites is 1. The van der Waals surface area contributed by atoms with Crippen molar-refractivity contribution in [2.75, 3.05) is 31.7 Å². The lowest BCUT2D eigenvalue weighted by molar-refractivity contribution is -0.383. The van der Waals surface area contributed by atoms with Crippen molar-refractivity contribution in [3.63, 3.8) is 0 Å². The molecule has 30 heavy (non-hydrogen) atoms. The van der Waals surface area contributed by atoms with Crippen molar-refractivity contribution in [2.24, 2.45) is 10.2 Å². The minimum atomic E-state index is -0.437. The van der Waals surface area contributed by atoms with Gasteiger partial charge in [-0.05, 0) is 24.3 Å². The predicted octanol–water partition coefficient (Wildman–Crippen LogP) is 3.82. The molecule has 0 saturated carbocycles. The molecular formula is C20H20N4O6. The molecule has 0 aliphatic heterocycles. The van der Waals surface area contributed by atoms with Crippen LogP contribution in [0, 0.1) is 10.1 Å². The van der Waals surface area contributed by atoms with Gasteiger partial charge in [0.15, 0.2) is 0 Å². The van der Waals surface area contributed by atoms with Crippen molar-refractivity contribution in [1.29, 1.82) is 0 Å². The minimum absolute atomic E-state index is 0.00840. The van der Waals surface area contributed by atoms with E-state index in [2.05, 4.69) is 10.2 Å². The van der Waals surface area contributed by atoms with Crippen LogP contribution < -0.4 is 5.23 Å². The smallest absolute Gasteiger partial charge is 0.277 e. The van der Waals surface area contributed by atoms with Crippen molar-refractivity contribution in [3.8, 4) is 0 Å². The Morgan fingerprint density at radius 3 is 2.10 bits per heavy atom. The third-order valence-electron chi connectivity index (χ3n) is 4.02. The maximum Gasteiger partial charge on any atom is 0.277 e. The predicted molar refractivity (Wildman–Crippen MR) is 110 cm³/mol. The Kier molecular flexibility index (Phi) is 7.35. The molecule has 3 rings (SSSR count). The van der Waals surface area contributed by atoms with Crippen molar-refractivity contribution < 1.29 is 24.8 Å². The molecule has 0 radical (unpaired) electrons. The number of nitro benzene ring substituents is 1. The normalized spacial score (nSPS) is 11.3. The summed E-state index contributed by atoms with van der Waals surface area (Å²) in [7, 11) is 0. The summed E-state index contributed by atoms with van der Waals surface area (Å²) in [6.45, 7) is -0.497. The quantitative estimate of drug-likeness (QED) is 0.294. The molecule has 156 valence electrons. The molecule has 0 aliphatic carbocycles. The third-order valence-corrected chi connectivity index (χ3v) is 4.02. The Hall–Kier alpha value is -3.44. The van der Waals surface area contributed by atoms with Gasteiger partial charge in [-0.25, -0.2) is 9.68 Å². The van der Waals surface area contributed by atoms with Crippen LogP contribution in [0.3, 0.4) is 0 Å². The van der Waals surface area contributed by atoms with Gasteiger partial charge in [-0.3, -0.25) is 10.1 Å². The molecule has 0 saturated heterocycles. The first-order valence-corrected chi connectivity index (χ1v) is 9.10. The highest BCUT2D eigenvalue weighted by Gasteiger charge is 2.15. The number of hydrogen-bond donors (Lipinski definition) is 2. The van der Waals surface area contributed by atoms with Crippen molar-refractivity contribution in [2.45, 2.75) is 0 Å². The molecule has 0 atom stereocenters. The van der Waals surface area contributed by atoms with Gasteiger partial charge in [0.25, 0.3) is 5.69 Å². The van der Waals surface area contributed by atoms with E-state index < -0.39 is 4.92 Å². The van der Waals surface area contributed by atoms with Crippen LogP contribution in [-0.4, -0.2) is 41.6 Å². The van der Waals surface area contributed by atoms with E-state index in [4.69, 9.17) is 19.9 Å². The second-order valence-corrected chi connectivity index (χ2v) is 5.97. The van der Waals surface area contributed by atoms with Crippen LogP contribution in [0.4, 0.5) is 22.7 Å². The number of nitro groups is 1. The first kappa shape index (κ1) is 21.3. The van der Waals surface area contributed by atoms with Crippen LogP contribution in [0.15, 0.2) is 70.9 Å². The summed E-state index contributed by atoms with van der Waals surface area (Å²) in [5.41, 5.74) is 1.27. The van der Waals surface area contributed by atoms with E-state index in [9.17, 15) is 10.1 Å². The fourth-order valence-corrected chi connectivity index (χ4v) is 2.75. The number of aliphatic hydroxyl groups is 2. The Morgan fingerprint density at radius 1 is 0.833 bits per heavy atom. The number of non-ortho nitro benzene ring substituents is 1. The lowest BCUT2D eigenvalue weighted by atomic mass is 10.1. The van der Waals surface area contributed by atoms with Crippen LogP contribution in [0.1, 0.15) is 0 Å². The first-order valence-electron chi connectivity index (χ1n) is 9.10. The maximum atomic E-state index is 11.3. The zero-order valence-electron chi connectivity index (χ0n) is 15.9. The first-order chi connectivity index (χ1) is 14.7. The SMILES string of the molecule is O=[N+]([O-])c1ccc(N=Nc2ccccc2N(OCCO)OCCO)c2ccccc12. The molecular weight excluding hydrogens is 392 g/mol. The van der Waals surface area contributed by atoms with Gasteiger partial charge in [0.1, 0.15) is 24.6 Å². The number of azo groups is 1. The lowest BCUT2D eigenvalue weighted by Gasteiger charge is -2.22. The zero-order chi connectivity index (χ0) is 21.3. The molecule has 0 heterocycles. The van der Waals surface area contributed by atoms with E-state index in [1.54, 1.807) is 48.5 Å². The van der Waals surface area contributed by atoms with Crippen molar-refractivity contribution in [1.82, 2.24) is 0 Å². The van der Waals surface area contributed by atoms with Gasteiger partial charge < -0.3 is 10.2 Å². The van der Waals surface area contributed by atoms with E-state index in [0.29, 0.717) is 27.8 Å². The average molecular weight is 412 g/mol. The molecule has 3 aromatic carbocycles.